The highest BCUT2D eigenvalue weighted by Gasteiger charge is 2.28. The fraction of sp³-hybridized carbons (Fsp3) is 0.583. The van der Waals surface area contributed by atoms with Gasteiger partial charge >= 0.3 is 0 Å². The van der Waals surface area contributed by atoms with Gasteiger partial charge in [-0.2, -0.15) is 0 Å². The minimum Gasteiger partial charge on any atom is -0.328 e. The van der Waals surface area contributed by atoms with Gasteiger partial charge in [0.1, 0.15) is 0 Å². The van der Waals surface area contributed by atoms with Crippen LogP contribution in [-0.4, -0.2) is 66.3 Å². The van der Waals surface area contributed by atoms with Crippen molar-refractivity contribution in [2.24, 2.45) is 0 Å². The largest absolute Gasteiger partial charge is 0.328 e. The Hall–Kier alpha value is -1.73. The van der Waals surface area contributed by atoms with Crippen LogP contribution in [0.3, 0.4) is 0 Å². The summed E-state index contributed by atoms with van der Waals surface area (Å²) in [7, 11) is 0. The number of rotatable bonds is 3. The molecule has 0 aliphatic carbocycles. The van der Waals surface area contributed by atoms with Crippen molar-refractivity contribution in [3.8, 4) is 0 Å². The molecule has 2 saturated heterocycles. The van der Waals surface area contributed by atoms with Crippen LogP contribution in [0, 0.1) is 0 Å². The number of nitrogens with zero attached hydrogens (tertiary/aromatic N) is 2. The topological polar surface area (TPSA) is 81.8 Å². The third kappa shape index (κ3) is 3.62. The van der Waals surface area contributed by atoms with Crippen molar-refractivity contribution >= 4 is 17.7 Å². The van der Waals surface area contributed by atoms with E-state index in [0.717, 1.165) is 0 Å². The summed E-state index contributed by atoms with van der Waals surface area (Å²) in [6, 6.07) is 0.0219. The number of piperazine rings is 2. The van der Waals surface area contributed by atoms with Crippen LogP contribution in [0.15, 0.2) is 12.3 Å². The number of hydrogen-bond donors (Lipinski definition) is 2. The van der Waals surface area contributed by atoms with Crippen molar-refractivity contribution in [2.45, 2.75) is 13.0 Å². The molecule has 0 aromatic rings. The maximum Gasteiger partial charge on any atom is 0.240 e. The van der Waals surface area contributed by atoms with E-state index in [1.807, 2.05) is 16.7 Å². The smallest absolute Gasteiger partial charge is 0.240 e. The summed E-state index contributed by atoms with van der Waals surface area (Å²) < 4.78 is 0. The fourth-order valence-electron chi connectivity index (χ4n) is 2.39. The van der Waals surface area contributed by atoms with Gasteiger partial charge in [0.15, 0.2) is 0 Å². The Labute approximate surface area is 111 Å². The molecule has 0 spiro atoms. The maximum atomic E-state index is 11.4. The zero-order chi connectivity index (χ0) is 14.0. The lowest BCUT2D eigenvalue weighted by molar-refractivity contribution is -0.137. The lowest BCUT2D eigenvalue weighted by Crippen LogP contribution is -2.57. The lowest BCUT2D eigenvalue weighted by Gasteiger charge is -2.36. The highest BCUT2D eigenvalue weighted by Crippen LogP contribution is 2.08. The Morgan fingerprint density at radius 1 is 1.05 bits per heavy atom. The number of hydrogen-bond acceptors (Lipinski definition) is 5. The van der Waals surface area contributed by atoms with Gasteiger partial charge in [0.25, 0.3) is 0 Å². The molecule has 2 aliphatic rings. The van der Waals surface area contributed by atoms with Crippen molar-refractivity contribution in [2.75, 3.05) is 32.7 Å². The molecule has 2 fully saturated rings. The molecule has 7 heteroatoms. The minimum atomic E-state index is -0.274. The zero-order valence-corrected chi connectivity index (χ0v) is 10.9. The summed E-state index contributed by atoms with van der Waals surface area (Å²) in [5, 5.41) is 4.94. The molecule has 1 atom stereocenters. The summed E-state index contributed by atoms with van der Waals surface area (Å²) >= 11 is 0. The molecule has 2 rings (SSSR count). The quantitative estimate of drug-likeness (QED) is 0.594. The summed E-state index contributed by atoms with van der Waals surface area (Å²) in [5.74, 6) is -0.622. The Bertz CT molecular complexity index is 403. The summed E-state index contributed by atoms with van der Waals surface area (Å²) in [4.78, 5) is 37.8. The van der Waals surface area contributed by atoms with E-state index in [0.29, 0.717) is 25.3 Å². The molecule has 0 radical (unpaired) electrons. The molecule has 104 valence electrons. The van der Waals surface area contributed by atoms with E-state index >= 15 is 0 Å². The second-order valence-corrected chi connectivity index (χ2v) is 5.05. The molecule has 0 aromatic heterocycles. The lowest BCUT2D eigenvalue weighted by atomic mass is 10.2. The predicted octanol–water partition coefficient (Wildman–Crippen LogP) is -1.72. The van der Waals surface area contributed by atoms with Gasteiger partial charge in [0.2, 0.25) is 17.7 Å². The standard InChI is InChI=1S/C12H18N4O3/c1-8-3-15(5-10(17)13-8)4-9(2)16-6-11(18)14-12(19)7-16/h9H,1,3-7H2,2H3,(H,13,17)(H,14,18,19). The van der Waals surface area contributed by atoms with Crippen LogP contribution >= 0.6 is 0 Å². The minimum absolute atomic E-state index is 0.0219. The molecule has 3 amide bonds. The van der Waals surface area contributed by atoms with E-state index in [1.165, 1.54) is 0 Å². The summed E-state index contributed by atoms with van der Waals surface area (Å²) in [5.41, 5.74) is 0.677. The highest BCUT2D eigenvalue weighted by atomic mass is 16.2. The summed E-state index contributed by atoms with van der Waals surface area (Å²) in [6.45, 7) is 7.67. The molecule has 19 heavy (non-hydrogen) atoms. The molecule has 2 aliphatic heterocycles. The van der Waals surface area contributed by atoms with Crippen LogP contribution in [0.2, 0.25) is 0 Å². The number of carbonyl (C=O) groups excluding carboxylic acids is 3. The van der Waals surface area contributed by atoms with Crippen LogP contribution in [0.1, 0.15) is 6.92 Å². The van der Waals surface area contributed by atoms with Gasteiger partial charge in [0.05, 0.1) is 19.6 Å². The van der Waals surface area contributed by atoms with Crippen LogP contribution in [0.4, 0.5) is 0 Å². The van der Waals surface area contributed by atoms with Gasteiger partial charge in [-0.15, -0.1) is 0 Å². The molecule has 2 heterocycles. The maximum absolute atomic E-state index is 11.4. The first kappa shape index (κ1) is 13.7. The number of amides is 3. The number of imide groups is 1. The predicted molar refractivity (Wildman–Crippen MR) is 67.9 cm³/mol. The Kier molecular flexibility index (Phi) is 3.96. The number of carbonyl (C=O) groups is 3. The number of nitrogens with one attached hydrogen (secondary N) is 2. The second-order valence-electron chi connectivity index (χ2n) is 5.05. The van der Waals surface area contributed by atoms with Crippen molar-refractivity contribution in [1.82, 2.24) is 20.4 Å². The van der Waals surface area contributed by atoms with Gasteiger partial charge in [-0.25, -0.2) is 0 Å². The van der Waals surface area contributed by atoms with Crippen LogP contribution in [-0.2, 0) is 14.4 Å². The first-order valence-corrected chi connectivity index (χ1v) is 6.21. The fourth-order valence-corrected chi connectivity index (χ4v) is 2.39. The highest BCUT2D eigenvalue weighted by molar-refractivity contribution is 5.99. The molecular formula is C12H18N4O3. The van der Waals surface area contributed by atoms with E-state index in [-0.39, 0.29) is 36.9 Å². The third-order valence-electron chi connectivity index (χ3n) is 3.22. The first-order chi connectivity index (χ1) is 8.94. The van der Waals surface area contributed by atoms with Gasteiger partial charge in [-0.05, 0) is 6.92 Å². The summed E-state index contributed by atoms with van der Waals surface area (Å²) in [6.07, 6.45) is 0. The molecule has 0 bridgehead atoms. The van der Waals surface area contributed by atoms with E-state index < -0.39 is 0 Å². The van der Waals surface area contributed by atoms with E-state index in [1.54, 1.807) is 0 Å². The molecule has 0 aromatic carbocycles. The first-order valence-electron chi connectivity index (χ1n) is 6.21. The Balaban J connectivity index is 1.91. The normalized spacial score (nSPS) is 24.1. The molecule has 2 N–H and O–H groups in total. The SMILES string of the molecule is C=C1CN(CC(C)N2CC(=O)NC(=O)C2)CC(=O)N1. The van der Waals surface area contributed by atoms with Gasteiger partial charge in [0, 0.05) is 24.8 Å². The van der Waals surface area contributed by atoms with Crippen molar-refractivity contribution in [3.63, 3.8) is 0 Å². The van der Waals surface area contributed by atoms with Crippen LogP contribution < -0.4 is 10.6 Å². The van der Waals surface area contributed by atoms with Gasteiger partial charge < -0.3 is 5.32 Å². The average Bonchev–Trinajstić information content (AvgIpc) is 2.25. The third-order valence-corrected chi connectivity index (χ3v) is 3.22. The monoisotopic (exact) mass is 266 g/mol. The van der Waals surface area contributed by atoms with Crippen molar-refractivity contribution < 1.29 is 14.4 Å². The van der Waals surface area contributed by atoms with Gasteiger partial charge in [-0.3, -0.25) is 29.5 Å². The van der Waals surface area contributed by atoms with E-state index in [9.17, 15) is 14.4 Å². The Morgan fingerprint density at radius 2 is 1.63 bits per heavy atom. The van der Waals surface area contributed by atoms with Crippen molar-refractivity contribution in [3.05, 3.63) is 12.3 Å². The van der Waals surface area contributed by atoms with E-state index in [4.69, 9.17) is 0 Å². The second kappa shape index (κ2) is 5.50. The van der Waals surface area contributed by atoms with Gasteiger partial charge in [-0.1, -0.05) is 6.58 Å². The van der Waals surface area contributed by atoms with E-state index in [2.05, 4.69) is 17.2 Å². The molecule has 7 nitrogen and oxygen atoms in total. The molecule has 0 saturated carbocycles. The average molecular weight is 266 g/mol. The van der Waals surface area contributed by atoms with Crippen molar-refractivity contribution in [1.29, 1.82) is 0 Å². The zero-order valence-electron chi connectivity index (χ0n) is 10.9. The molecular weight excluding hydrogens is 248 g/mol. The van der Waals surface area contributed by atoms with Crippen LogP contribution in [0.25, 0.3) is 0 Å². The Morgan fingerprint density at radius 3 is 2.21 bits per heavy atom. The van der Waals surface area contributed by atoms with Crippen LogP contribution in [0.5, 0.6) is 0 Å². The molecule has 1 unspecified atom stereocenters.